The fraction of sp³-hybridized carbons (Fsp3) is 0.208. The second-order valence-corrected chi connectivity index (χ2v) is 7.30. The molecule has 28 heavy (non-hydrogen) atoms. The van der Waals surface area contributed by atoms with Crippen LogP contribution in [-0.4, -0.2) is 17.2 Å². The number of benzene rings is 3. The van der Waals surface area contributed by atoms with Crippen LogP contribution in [0.5, 0.6) is 11.5 Å². The first-order valence-corrected chi connectivity index (χ1v) is 9.24. The lowest BCUT2D eigenvalue weighted by molar-refractivity contribution is 0.408. The quantitative estimate of drug-likeness (QED) is 0.471. The van der Waals surface area contributed by atoms with Crippen molar-refractivity contribution in [2.75, 3.05) is 7.11 Å². The lowest BCUT2D eigenvalue weighted by Gasteiger charge is -2.11. The number of aromatic hydroxyl groups is 1. The van der Waals surface area contributed by atoms with Crippen molar-refractivity contribution in [2.45, 2.75) is 27.7 Å². The van der Waals surface area contributed by atoms with Crippen LogP contribution in [0.3, 0.4) is 0 Å². The van der Waals surface area contributed by atoms with Gasteiger partial charge in [-0.05, 0) is 97.5 Å². The molecule has 0 unspecified atom stereocenters. The second-order valence-electron chi connectivity index (χ2n) is 7.30. The highest BCUT2D eigenvalue weighted by atomic mass is 16.5. The number of ether oxygens (including phenoxy) is 1. The van der Waals surface area contributed by atoms with Crippen LogP contribution in [0.4, 0.5) is 0 Å². The number of phenolic OH excluding ortho intramolecular Hbond substituents is 1. The zero-order valence-electron chi connectivity index (χ0n) is 16.8. The van der Waals surface area contributed by atoms with Gasteiger partial charge in [-0.3, -0.25) is 0 Å². The van der Waals surface area contributed by atoms with Crippen molar-refractivity contribution < 1.29 is 14.3 Å². The van der Waals surface area contributed by atoms with Gasteiger partial charge in [0.25, 0.3) is 0 Å². The van der Waals surface area contributed by atoms with Crippen LogP contribution in [0.25, 0.3) is 33.7 Å². The minimum Gasteiger partial charge on any atom is -0.507 e. The number of methoxy groups -OCH3 is 1. The number of phenols is 1. The molecule has 142 valence electrons. The van der Waals surface area contributed by atoms with Crippen molar-refractivity contribution in [1.82, 2.24) is 4.98 Å². The Morgan fingerprint density at radius 1 is 0.786 bits per heavy atom. The predicted molar refractivity (Wildman–Crippen MR) is 112 cm³/mol. The van der Waals surface area contributed by atoms with Gasteiger partial charge in [-0.1, -0.05) is 6.07 Å². The van der Waals surface area contributed by atoms with Crippen LogP contribution in [0.2, 0.25) is 0 Å². The first kappa shape index (κ1) is 18.1. The highest BCUT2D eigenvalue weighted by Gasteiger charge is 2.13. The van der Waals surface area contributed by atoms with E-state index in [4.69, 9.17) is 9.15 Å². The molecule has 0 radical (unpaired) electrons. The van der Waals surface area contributed by atoms with Crippen molar-refractivity contribution >= 4 is 11.1 Å². The minimum atomic E-state index is 0.312. The zero-order chi connectivity index (χ0) is 20.0. The van der Waals surface area contributed by atoms with E-state index in [-0.39, 0.29) is 0 Å². The van der Waals surface area contributed by atoms with E-state index in [1.807, 2.05) is 38.1 Å². The second kappa shape index (κ2) is 6.71. The molecule has 0 bridgehead atoms. The minimum absolute atomic E-state index is 0.312. The zero-order valence-corrected chi connectivity index (χ0v) is 16.8. The van der Waals surface area contributed by atoms with Crippen molar-refractivity contribution in [3.05, 3.63) is 64.7 Å². The first-order valence-electron chi connectivity index (χ1n) is 9.24. The van der Waals surface area contributed by atoms with Crippen molar-refractivity contribution in [3.63, 3.8) is 0 Å². The van der Waals surface area contributed by atoms with Gasteiger partial charge in [0, 0.05) is 5.56 Å². The summed E-state index contributed by atoms with van der Waals surface area (Å²) in [6.07, 6.45) is 0. The van der Waals surface area contributed by atoms with Crippen LogP contribution >= 0.6 is 0 Å². The van der Waals surface area contributed by atoms with E-state index in [0.29, 0.717) is 11.6 Å². The molecule has 0 aliphatic rings. The number of aromatic nitrogens is 1. The summed E-state index contributed by atoms with van der Waals surface area (Å²) >= 11 is 0. The molecular weight excluding hydrogens is 350 g/mol. The summed E-state index contributed by atoms with van der Waals surface area (Å²) in [5.74, 6) is 1.79. The van der Waals surface area contributed by atoms with E-state index in [0.717, 1.165) is 55.8 Å². The molecule has 0 spiro atoms. The Hall–Kier alpha value is -3.27. The smallest absolute Gasteiger partial charge is 0.227 e. The number of oxazole rings is 1. The molecule has 0 atom stereocenters. The summed E-state index contributed by atoms with van der Waals surface area (Å²) < 4.78 is 11.5. The molecule has 0 saturated heterocycles. The fourth-order valence-corrected chi connectivity index (χ4v) is 3.75. The van der Waals surface area contributed by atoms with E-state index in [2.05, 4.69) is 37.0 Å². The number of rotatable bonds is 3. The average Bonchev–Trinajstić information content (AvgIpc) is 3.08. The number of hydrogen-bond donors (Lipinski definition) is 1. The Morgan fingerprint density at radius 3 is 2.00 bits per heavy atom. The summed E-state index contributed by atoms with van der Waals surface area (Å²) in [7, 11) is 1.70. The monoisotopic (exact) mass is 373 g/mol. The van der Waals surface area contributed by atoms with Gasteiger partial charge in [0.05, 0.1) is 7.11 Å². The Balaban J connectivity index is 1.79. The molecule has 1 N–H and O–H groups in total. The van der Waals surface area contributed by atoms with Crippen molar-refractivity contribution in [1.29, 1.82) is 0 Å². The van der Waals surface area contributed by atoms with Crippen molar-refractivity contribution in [2.24, 2.45) is 0 Å². The normalized spacial score (nSPS) is 11.2. The molecule has 0 saturated carbocycles. The maximum Gasteiger partial charge on any atom is 0.227 e. The summed E-state index contributed by atoms with van der Waals surface area (Å²) in [5, 5.41) is 10.0. The lowest BCUT2D eigenvalue weighted by atomic mass is 9.99. The van der Waals surface area contributed by atoms with Crippen molar-refractivity contribution in [3.8, 4) is 34.1 Å². The van der Waals surface area contributed by atoms with E-state index < -0.39 is 0 Å². The number of nitrogens with zero attached hydrogens (tertiary/aromatic N) is 1. The van der Waals surface area contributed by atoms with Gasteiger partial charge in [-0.15, -0.1) is 0 Å². The molecule has 0 aliphatic carbocycles. The van der Waals surface area contributed by atoms with Gasteiger partial charge < -0.3 is 14.3 Å². The average molecular weight is 373 g/mol. The fourth-order valence-electron chi connectivity index (χ4n) is 3.75. The maximum absolute atomic E-state index is 10.0. The third-order valence-electron chi connectivity index (χ3n) is 5.12. The third-order valence-corrected chi connectivity index (χ3v) is 5.12. The summed E-state index contributed by atoms with van der Waals surface area (Å²) in [6, 6.07) is 14.1. The molecule has 4 nitrogen and oxygen atoms in total. The predicted octanol–water partition coefficient (Wildman–Crippen LogP) is 6.11. The van der Waals surface area contributed by atoms with E-state index in [1.54, 1.807) is 7.11 Å². The standard InChI is InChI=1S/C24H23NO3/c1-13-8-19(9-14(2)22(13)26)24-25-20-7-6-17(12-21(20)28-24)18-10-15(3)23(27-5)16(4)11-18/h6-12,26H,1-5H3. The Kier molecular flexibility index (Phi) is 4.34. The largest absolute Gasteiger partial charge is 0.507 e. The van der Waals surface area contributed by atoms with Crippen LogP contribution in [0, 0.1) is 27.7 Å². The van der Waals surface area contributed by atoms with Crippen LogP contribution in [0.1, 0.15) is 22.3 Å². The summed E-state index contributed by atoms with van der Waals surface area (Å²) in [4.78, 5) is 4.62. The molecule has 0 amide bonds. The molecule has 4 rings (SSSR count). The molecule has 1 heterocycles. The molecule has 0 fully saturated rings. The van der Waals surface area contributed by atoms with Gasteiger partial charge >= 0.3 is 0 Å². The third kappa shape index (κ3) is 3.01. The Morgan fingerprint density at radius 2 is 1.39 bits per heavy atom. The van der Waals surface area contributed by atoms with Crippen LogP contribution < -0.4 is 4.74 Å². The topological polar surface area (TPSA) is 55.5 Å². The van der Waals surface area contributed by atoms with Gasteiger partial charge in [0.1, 0.15) is 17.0 Å². The molecular formula is C24H23NO3. The van der Waals surface area contributed by atoms with E-state index in [9.17, 15) is 5.11 Å². The summed E-state index contributed by atoms with van der Waals surface area (Å²) in [5.41, 5.74) is 8.42. The molecule has 0 aliphatic heterocycles. The van der Waals surface area contributed by atoms with E-state index >= 15 is 0 Å². The summed E-state index contributed by atoms with van der Waals surface area (Å²) in [6.45, 7) is 7.85. The molecule has 3 aromatic carbocycles. The Bertz CT molecular complexity index is 1160. The maximum atomic E-state index is 10.0. The molecule has 4 heteroatoms. The lowest BCUT2D eigenvalue weighted by Crippen LogP contribution is -1.92. The first-order chi connectivity index (χ1) is 13.4. The van der Waals surface area contributed by atoms with Gasteiger partial charge in [0.2, 0.25) is 5.89 Å². The number of fused-ring (bicyclic) bond motifs is 1. The van der Waals surface area contributed by atoms with Gasteiger partial charge in [0.15, 0.2) is 5.58 Å². The van der Waals surface area contributed by atoms with Crippen LogP contribution in [0.15, 0.2) is 46.9 Å². The highest BCUT2D eigenvalue weighted by molar-refractivity contribution is 5.83. The number of hydrogen-bond acceptors (Lipinski definition) is 4. The van der Waals surface area contributed by atoms with E-state index in [1.165, 1.54) is 0 Å². The Labute approximate surface area is 164 Å². The highest BCUT2D eigenvalue weighted by Crippen LogP contribution is 2.34. The van der Waals surface area contributed by atoms with Gasteiger partial charge in [-0.2, -0.15) is 0 Å². The van der Waals surface area contributed by atoms with Crippen LogP contribution in [-0.2, 0) is 0 Å². The van der Waals surface area contributed by atoms with Gasteiger partial charge in [-0.25, -0.2) is 4.98 Å². The molecule has 4 aromatic rings. The number of aryl methyl sites for hydroxylation is 4. The molecule has 1 aromatic heterocycles. The SMILES string of the molecule is COc1c(C)cc(-c2ccc3nc(-c4cc(C)c(O)c(C)c4)oc3c2)cc1C.